The Bertz CT molecular complexity index is 992. The Labute approximate surface area is 179 Å². The minimum absolute atomic E-state index is 0.0562. The van der Waals surface area contributed by atoms with E-state index in [1.54, 1.807) is 34.1 Å². The maximum absolute atomic E-state index is 13.3. The smallest absolute Gasteiger partial charge is 0.256 e. The second kappa shape index (κ2) is 8.45. The number of anilines is 1. The van der Waals surface area contributed by atoms with Gasteiger partial charge in [-0.2, -0.15) is 0 Å². The van der Waals surface area contributed by atoms with Gasteiger partial charge in [0, 0.05) is 31.1 Å². The molecule has 1 saturated heterocycles. The molecule has 0 aliphatic carbocycles. The van der Waals surface area contributed by atoms with Crippen molar-refractivity contribution in [2.75, 3.05) is 31.6 Å². The molecule has 2 aromatic carbocycles. The van der Waals surface area contributed by atoms with Crippen LogP contribution in [0.25, 0.3) is 11.1 Å². The molecule has 2 N–H and O–H groups in total. The Morgan fingerprint density at radius 3 is 2.57 bits per heavy atom. The van der Waals surface area contributed by atoms with Crippen LogP contribution in [0.3, 0.4) is 0 Å². The van der Waals surface area contributed by atoms with E-state index >= 15 is 0 Å². The fourth-order valence-corrected chi connectivity index (χ4v) is 4.01. The first-order valence-electron chi connectivity index (χ1n) is 9.88. The third-order valence-electron chi connectivity index (χ3n) is 5.53. The van der Waals surface area contributed by atoms with Gasteiger partial charge in [0.2, 0.25) is 11.8 Å². The van der Waals surface area contributed by atoms with Gasteiger partial charge < -0.3 is 20.2 Å². The van der Waals surface area contributed by atoms with E-state index in [0.717, 1.165) is 11.1 Å². The monoisotopic (exact) mass is 427 g/mol. The average Bonchev–Trinajstić information content (AvgIpc) is 2.86. The highest BCUT2D eigenvalue weighted by Crippen LogP contribution is 2.30. The lowest BCUT2D eigenvalue weighted by Gasteiger charge is -2.39. The lowest BCUT2D eigenvalue weighted by atomic mass is 10.0. The Balaban J connectivity index is 1.60. The predicted molar refractivity (Wildman–Crippen MR) is 113 cm³/mol. The highest BCUT2D eigenvalue weighted by atomic mass is 35.5. The first-order valence-corrected chi connectivity index (χ1v) is 10.3. The molecular formula is C22H22ClN3O4. The van der Waals surface area contributed by atoms with Gasteiger partial charge in [-0.25, -0.2) is 0 Å². The van der Waals surface area contributed by atoms with Crippen LogP contribution in [0.15, 0.2) is 42.5 Å². The number of carbonyl (C=O) groups excluding carboxylic acids is 3. The quantitative estimate of drug-likeness (QED) is 0.784. The zero-order chi connectivity index (χ0) is 21.3. The van der Waals surface area contributed by atoms with E-state index in [2.05, 4.69) is 5.32 Å². The lowest BCUT2D eigenvalue weighted by molar-refractivity contribution is -0.136. The van der Waals surface area contributed by atoms with Crippen molar-refractivity contribution in [2.24, 2.45) is 0 Å². The van der Waals surface area contributed by atoms with E-state index in [9.17, 15) is 14.4 Å². The Morgan fingerprint density at radius 2 is 1.83 bits per heavy atom. The lowest BCUT2D eigenvalue weighted by Crippen LogP contribution is -2.59. The molecule has 1 atom stereocenters. The predicted octanol–water partition coefficient (Wildman–Crippen LogP) is 2.38. The summed E-state index contributed by atoms with van der Waals surface area (Å²) < 4.78 is 0. The summed E-state index contributed by atoms with van der Waals surface area (Å²) in [5.74, 6) is -0.650. The van der Waals surface area contributed by atoms with Crippen LogP contribution in [0.2, 0.25) is 5.02 Å². The van der Waals surface area contributed by atoms with Crippen molar-refractivity contribution in [3.05, 3.63) is 53.1 Å². The molecule has 1 fully saturated rings. The average molecular weight is 428 g/mol. The summed E-state index contributed by atoms with van der Waals surface area (Å²) in [5.41, 5.74) is 2.67. The van der Waals surface area contributed by atoms with Crippen molar-refractivity contribution in [1.82, 2.24) is 9.80 Å². The molecule has 2 aliphatic heterocycles. The maximum Gasteiger partial charge on any atom is 0.256 e. The van der Waals surface area contributed by atoms with Gasteiger partial charge in [0.15, 0.2) is 0 Å². The molecule has 3 amide bonds. The molecule has 30 heavy (non-hydrogen) atoms. The molecule has 2 aromatic rings. The van der Waals surface area contributed by atoms with Gasteiger partial charge in [-0.1, -0.05) is 29.8 Å². The maximum atomic E-state index is 13.3. The number of nitrogens with one attached hydrogen (secondary N) is 1. The molecule has 0 saturated carbocycles. The van der Waals surface area contributed by atoms with Crippen LogP contribution < -0.4 is 5.32 Å². The topological polar surface area (TPSA) is 90.0 Å². The van der Waals surface area contributed by atoms with E-state index in [0.29, 0.717) is 29.2 Å². The number of piperazine rings is 1. The van der Waals surface area contributed by atoms with Crippen molar-refractivity contribution in [3.63, 3.8) is 0 Å². The normalized spacial score (nSPS) is 18.4. The molecule has 1 unspecified atom stereocenters. The number of aliphatic hydroxyl groups excluding tert-OH is 1. The summed E-state index contributed by atoms with van der Waals surface area (Å²) in [4.78, 5) is 41.6. The van der Waals surface area contributed by atoms with Crippen LogP contribution >= 0.6 is 11.6 Å². The number of aliphatic hydroxyl groups is 1. The summed E-state index contributed by atoms with van der Waals surface area (Å²) in [6, 6.07) is 12.0. The molecule has 2 heterocycles. The fraction of sp³-hybridized carbons (Fsp3) is 0.318. The van der Waals surface area contributed by atoms with Crippen molar-refractivity contribution in [2.45, 2.75) is 18.9 Å². The molecule has 0 radical (unpaired) electrons. The summed E-state index contributed by atoms with van der Waals surface area (Å²) in [6.45, 7) is 0.748. The van der Waals surface area contributed by atoms with Crippen molar-refractivity contribution in [1.29, 1.82) is 0 Å². The summed E-state index contributed by atoms with van der Waals surface area (Å²) in [5, 5.41) is 12.4. The first kappa shape index (κ1) is 20.4. The van der Waals surface area contributed by atoms with E-state index in [1.165, 1.54) is 0 Å². The van der Waals surface area contributed by atoms with Gasteiger partial charge in [-0.05, 0) is 41.8 Å². The Kier molecular flexibility index (Phi) is 5.74. The van der Waals surface area contributed by atoms with E-state index < -0.39 is 6.04 Å². The van der Waals surface area contributed by atoms with Gasteiger partial charge in [0.1, 0.15) is 6.04 Å². The van der Waals surface area contributed by atoms with Crippen LogP contribution in [-0.2, 0) is 9.59 Å². The zero-order valence-electron chi connectivity index (χ0n) is 16.3. The van der Waals surface area contributed by atoms with Crippen LogP contribution in [0, 0.1) is 0 Å². The molecule has 0 spiro atoms. The van der Waals surface area contributed by atoms with Crippen molar-refractivity contribution >= 4 is 35.0 Å². The highest BCUT2D eigenvalue weighted by Gasteiger charge is 2.40. The SMILES string of the molecule is O=C1Nc2ccc(-c3ccc(Cl)cc3)cc2C(=O)N2CCN(C(=O)CCCO)CC12. The third-order valence-corrected chi connectivity index (χ3v) is 5.78. The Hall–Kier alpha value is -2.90. The van der Waals surface area contributed by atoms with Gasteiger partial charge in [0.05, 0.1) is 17.8 Å². The van der Waals surface area contributed by atoms with E-state index in [-0.39, 0.29) is 43.8 Å². The van der Waals surface area contributed by atoms with Gasteiger partial charge in [-0.15, -0.1) is 0 Å². The van der Waals surface area contributed by atoms with Crippen LogP contribution in [0.1, 0.15) is 23.2 Å². The summed E-state index contributed by atoms with van der Waals surface area (Å²) in [6.07, 6.45) is 0.608. The number of nitrogens with zero attached hydrogens (tertiary/aromatic N) is 2. The van der Waals surface area contributed by atoms with E-state index in [4.69, 9.17) is 16.7 Å². The van der Waals surface area contributed by atoms with Gasteiger partial charge >= 0.3 is 0 Å². The zero-order valence-corrected chi connectivity index (χ0v) is 17.1. The number of amides is 3. The second-order valence-electron chi connectivity index (χ2n) is 7.44. The molecule has 7 nitrogen and oxygen atoms in total. The highest BCUT2D eigenvalue weighted by molar-refractivity contribution is 6.30. The van der Waals surface area contributed by atoms with E-state index in [1.807, 2.05) is 18.2 Å². The van der Waals surface area contributed by atoms with Gasteiger partial charge in [-0.3, -0.25) is 14.4 Å². The molecule has 0 bridgehead atoms. The number of benzene rings is 2. The summed E-state index contributed by atoms with van der Waals surface area (Å²) in [7, 11) is 0. The fourth-order valence-electron chi connectivity index (χ4n) is 3.89. The molecular weight excluding hydrogens is 406 g/mol. The van der Waals surface area contributed by atoms with Crippen LogP contribution in [0.5, 0.6) is 0 Å². The molecule has 156 valence electrons. The molecule has 8 heteroatoms. The number of carbonyl (C=O) groups is 3. The minimum Gasteiger partial charge on any atom is -0.396 e. The second-order valence-corrected chi connectivity index (χ2v) is 7.87. The largest absolute Gasteiger partial charge is 0.396 e. The standard InChI is InChI=1S/C22H22ClN3O4/c23-16-6-3-14(4-7-16)15-5-8-18-17(12-15)22(30)26-10-9-25(20(28)2-1-11-27)13-19(26)21(29)24-18/h3-8,12,19,27H,1-2,9-11,13H2,(H,24,29). The number of hydrogen-bond donors (Lipinski definition) is 2. The third kappa shape index (κ3) is 3.91. The molecule has 0 aromatic heterocycles. The van der Waals surface area contributed by atoms with Crippen molar-refractivity contribution in [3.8, 4) is 11.1 Å². The molecule has 4 rings (SSSR count). The Morgan fingerprint density at radius 1 is 1.10 bits per heavy atom. The minimum atomic E-state index is -0.740. The van der Waals surface area contributed by atoms with Crippen LogP contribution in [0.4, 0.5) is 5.69 Å². The number of fused-ring (bicyclic) bond motifs is 2. The first-order chi connectivity index (χ1) is 14.5. The molecule has 2 aliphatic rings. The number of rotatable bonds is 4. The van der Waals surface area contributed by atoms with Crippen molar-refractivity contribution < 1.29 is 19.5 Å². The summed E-state index contributed by atoms with van der Waals surface area (Å²) >= 11 is 5.97. The number of hydrogen-bond acceptors (Lipinski definition) is 4. The van der Waals surface area contributed by atoms with Crippen LogP contribution in [-0.4, -0.2) is 64.9 Å². The van der Waals surface area contributed by atoms with Gasteiger partial charge in [0.25, 0.3) is 5.91 Å². The number of halogens is 1.